The topological polar surface area (TPSA) is 30.3 Å². The lowest BCUT2D eigenvalue weighted by atomic mass is 10.0. The fraction of sp³-hybridized carbons (Fsp3) is 0.526. The number of nitrogens with zero attached hydrogens (tertiary/aromatic N) is 3. The molecular weight excluding hydrogens is 305 g/mol. The number of benzene rings is 1. The molecule has 2 fully saturated rings. The van der Waals surface area contributed by atoms with E-state index in [-0.39, 0.29) is 11.4 Å². The lowest BCUT2D eigenvalue weighted by Gasteiger charge is -2.35. The summed E-state index contributed by atoms with van der Waals surface area (Å²) in [5.41, 5.74) is 1.99. The summed E-state index contributed by atoms with van der Waals surface area (Å²) in [6.45, 7) is 4.79. The maximum atomic E-state index is 13.2. The Morgan fingerprint density at radius 1 is 1.21 bits per heavy atom. The predicted octanol–water partition coefficient (Wildman–Crippen LogP) is 3.07. The zero-order valence-corrected chi connectivity index (χ0v) is 13.7. The van der Waals surface area contributed by atoms with E-state index in [9.17, 15) is 4.39 Å². The van der Waals surface area contributed by atoms with Gasteiger partial charge in [0.05, 0.1) is 18.4 Å². The van der Waals surface area contributed by atoms with E-state index in [1.807, 2.05) is 18.3 Å². The van der Waals surface area contributed by atoms with Crippen LogP contribution in [0.4, 0.5) is 4.39 Å². The zero-order valence-electron chi connectivity index (χ0n) is 13.7. The molecule has 5 heteroatoms. The van der Waals surface area contributed by atoms with Crippen LogP contribution in [0.3, 0.4) is 0 Å². The van der Waals surface area contributed by atoms with Gasteiger partial charge in [0.25, 0.3) is 0 Å². The highest BCUT2D eigenvalue weighted by atomic mass is 19.1. The molecule has 4 nitrogen and oxygen atoms in total. The molecule has 0 bridgehead atoms. The van der Waals surface area contributed by atoms with E-state index in [1.165, 1.54) is 31.5 Å². The van der Waals surface area contributed by atoms with Gasteiger partial charge in [0.1, 0.15) is 23.8 Å². The average molecular weight is 327 g/mol. The smallest absolute Gasteiger partial charge is 0.135 e. The van der Waals surface area contributed by atoms with Crippen molar-refractivity contribution in [3.8, 4) is 11.3 Å². The van der Waals surface area contributed by atoms with Gasteiger partial charge in [-0.25, -0.2) is 9.37 Å². The second kappa shape index (κ2) is 5.39. The van der Waals surface area contributed by atoms with Crippen molar-refractivity contribution in [2.24, 2.45) is 5.92 Å². The molecule has 1 spiro atoms. The largest absolute Gasteiger partial charge is 0.364 e. The predicted molar refractivity (Wildman–Crippen MR) is 88.9 cm³/mol. The van der Waals surface area contributed by atoms with Crippen LogP contribution in [0.1, 0.15) is 25.1 Å². The Hall–Kier alpha value is -1.72. The summed E-state index contributed by atoms with van der Waals surface area (Å²) in [5.74, 6) is 1.69. The Morgan fingerprint density at radius 2 is 2.04 bits per heavy atom. The van der Waals surface area contributed by atoms with Crippen molar-refractivity contribution in [1.82, 2.24) is 14.5 Å². The van der Waals surface area contributed by atoms with E-state index in [1.54, 1.807) is 0 Å². The van der Waals surface area contributed by atoms with Crippen LogP contribution < -0.4 is 0 Å². The highest BCUT2D eigenvalue weighted by Crippen LogP contribution is 2.37. The van der Waals surface area contributed by atoms with Gasteiger partial charge in [-0.2, -0.15) is 0 Å². The van der Waals surface area contributed by atoms with E-state index < -0.39 is 0 Å². The Labute approximate surface area is 141 Å². The maximum Gasteiger partial charge on any atom is 0.135 e. The molecule has 2 aliphatic heterocycles. The molecule has 0 amide bonds. The zero-order chi connectivity index (χ0) is 16.1. The van der Waals surface area contributed by atoms with Crippen molar-refractivity contribution in [2.75, 3.05) is 19.6 Å². The number of rotatable bonds is 3. The number of likely N-dealkylation sites (tertiary alicyclic amines) is 1. The van der Waals surface area contributed by atoms with Crippen molar-refractivity contribution in [3.05, 3.63) is 42.1 Å². The molecular formula is C19H22FN3O. The second-order valence-electron chi connectivity index (χ2n) is 7.55. The van der Waals surface area contributed by atoms with Crippen molar-refractivity contribution >= 4 is 0 Å². The van der Waals surface area contributed by atoms with Crippen molar-refractivity contribution in [2.45, 2.75) is 38.0 Å². The summed E-state index contributed by atoms with van der Waals surface area (Å²) in [4.78, 5) is 7.08. The van der Waals surface area contributed by atoms with Gasteiger partial charge in [0.2, 0.25) is 0 Å². The number of hydrogen-bond acceptors (Lipinski definition) is 3. The molecule has 1 aromatic carbocycles. The van der Waals surface area contributed by atoms with Crippen molar-refractivity contribution in [3.63, 3.8) is 0 Å². The monoisotopic (exact) mass is 327 g/mol. The molecule has 1 aliphatic carbocycles. The van der Waals surface area contributed by atoms with Gasteiger partial charge in [0, 0.05) is 19.6 Å². The van der Waals surface area contributed by atoms with Crippen LogP contribution in [-0.4, -0.2) is 39.7 Å². The first kappa shape index (κ1) is 14.6. The first-order valence-electron chi connectivity index (χ1n) is 8.87. The molecule has 5 rings (SSSR count). The van der Waals surface area contributed by atoms with Gasteiger partial charge < -0.3 is 14.2 Å². The number of imidazole rings is 1. The van der Waals surface area contributed by atoms with E-state index in [0.29, 0.717) is 6.61 Å². The normalized spacial score (nSPS) is 26.9. The molecule has 0 radical (unpaired) electrons. The van der Waals surface area contributed by atoms with Crippen LogP contribution in [0, 0.1) is 11.7 Å². The summed E-state index contributed by atoms with van der Waals surface area (Å²) in [5, 5.41) is 0. The third-order valence-electron chi connectivity index (χ3n) is 5.64. The standard InChI is InChI=1S/C19H22FN3O/c20-16-5-3-15(4-6-16)17-9-21-18-11-24-19(13-23(17)18)7-8-22(12-19)10-14-1-2-14/h3-6,9,14H,1-2,7-8,10-13H2. The number of fused-ring (bicyclic) bond motifs is 1. The molecule has 126 valence electrons. The van der Waals surface area contributed by atoms with Crippen LogP contribution in [-0.2, 0) is 17.9 Å². The van der Waals surface area contributed by atoms with Crippen molar-refractivity contribution < 1.29 is 9.13 Å². The van der Waals surface area contributed by atoms with E-state index >= 15 is 0 Å². The number of hydrogen-bond donors (Lipinski definition) is 0. The highest BCUT2D eigenvalue weighted by Gasteiger charge is 2.44. The Balaban J connectivity index is 1.40. The fourth-order valence-electron chi connectivity index (χ4n) is 4.10. The molecule has 1 saturated carbocycles. The van der Waals surface area contributed by atoms with Crippen LogP contribution >= 0.6 is 0 Å². The number of aromatic nitrogens is 2. The molecule has 1 aromatic heterocycles. The molecule has 3 heterocycles. The van der Waals surface area contributed by atoms with Crippen LogP contribution in [0.5, 0.6) is 0 Å². The van der Waals surface area contributed by atoms with Gasteiger partial charge >= 0.3 is 0 Å². The SMILES string of the molecule is Fc1ccc(-c2cnc3n2CC2(CCN(CC4CC4)C2)OC3)cc1. The van der Waals surface area contributed by atoms with Gasteiger partial charge in [-0.15, -0.1) is 0 Å². The molecule has 1 atom stereocenters. The average Bonchev–Trinajstić information content (AvgIpc) is 3.18. The minimum Gasteiger partial charge on any atom is -0.364 e. The molecule has 3 aliphatic rings. The quantitative estimate of drug-likeness (QED) is 0.868. The Bertz CT molecular complexity index is 752. The van der Waals surface area contributed by atoms with Crippen LogP contribution in [0.15, 0.2) is 30.5 Å². The molecule has 0 N–H and O–H groups in total. The fourth-order valence-corrected chi connectivity index (χ4v) is 4.10. The van der Waals surface area contributed by atoms with Gasteiger partial charge in [-0.1, -0.05) is 0 Å². The van der Waals surface area contributed by atoms with Crippen LogP contribution in [0.25, 0.3) is 11.3 Å². The summed E-state index contributed by atoms with van der Waals surface area (Å²) in [7, 11) is 0. The molecule has 1 unspecified atom stereocenters. The van der Waals surface area contributed by atoms with Gasteiger partial charge in [0.15, 0.2) is 0 Å². The summed E-state index contributed by atoms with van der Waals surface area (Å²) in [6, 6.07) is 6.68. The Kier molecular flexibility index (Phi) is 3.28. The molecule has 24 heavy (non-hydrogen) atoms. The molecule has 2 aromatic rings. The van der Waals surface area contributed by atoms with Gasteiger partial charge in [-0.05, 0) is 55.0 Å². The lowest BCUT2D eigenvalue weighted by Crippen LogP contribution is -2.44. The summed E-state index contributed by atoms with van der Waals surface area (Å²) in [6.07, 6.45) is 5.76. The van der Waals surface area contributed by atoms with E-state index in [2.05, 4.69) is 14.5 Å². The van der Waals surface area contributed by atoms with Crippen molar-refractivity contribution in [1.29, 1.82) is 0 Å². The second-order valence-corrected chi connectivity index (χ2v) is 7.55. The maximum absolute atomic E-state index is 13.2. The van der Waals surface area contributed by atoms with Gasteiger partial charge in [-0.3, -0.25) is 0 Å². The van der Waals surface area contributed by atoms with Crippen LogP contribution in [0.2, 0.25) is 0 Å². The summed E-state index contributed by atoms with van der Waals surface area (Å²) < 4.78 is 21.8. The number of ether oxygens (including phenoxy) is 1. The highest BCUT2D eigenvalue weighted by molar-refractivity contribution is 5.59. The lowest BCUT2D eigenvalue weighted by molar-refractivity contribution is -0.0819. The molecule has 1 saturated heterocycles. The summed E-state index contributed by atoms with van der Waals surface area (Å²) >= 11 is 0. The minimum atomic E-state index is -0.205. The third-order valence-corrected chi connectivity index (χ3v) is 5.64. The number of halogens is 1. The van der Waals surface area contributed by atoms with E-state index in [4.69, 9.17) is 4.74 Å². The van der Waals surface area contributed by atoms with E-state index in [0.717, 1.165) is 49.1 Å². The first-order valence-corrected chi connectivity index (χ1v) is 8.87. The minimum absolute atomic E-state index is 0.0859. The Morgan fingerprint density at radius 3 is 2.83 bits per heavy atom. The first-order chi connectivity index (χ1) is 11.7. The third kappa shape index (κ3) is 2.56.